The van der Waals surface area contributed by atoms with Crippen molar-refractivity contribution in [3.05, 3.63) is 58.7 Å². The quantitative estimate of drug-likeness (QED) is 0.486. The number of rotatable bonds is 5. The molecule has 3 saturated carbocycles. The van der Waals surface area contributed by atoms with Crippen LogP contribution in [0.4, 0.5) is 0 Å². The summed E-state index contributed by atoms with van der Waals surface area (Å²) in [6.07, 6.45) is 11.4. The fourth-order valence-corrected chi connectivity index (χ4v) is 8.84. The van der Waals surface area contributed by atoms with Gasteiger partial charge in [-0.2, -0.15) is 0 Å². The fourth-order valence-electron chi connectivity index (χ4n) is 8.84. The summed E-state index contributed by atoms with van der Waals surface area (Å²) in [6, 6.07) is 12.1. The first kappa shape index (κ1) is 23.1. The van der Waals surface area contributed by atoms with E-state index in [9.17, 15) is 9.90 Å². The molecule has 4 aliphatic rings. The number of hydrogen-bond acceptors (Lipinski definition) is 3. The Labute approximate surface area is 210 Å². The van der Waals surface area contributed by atoms with Crippen molar-refractivity contribution in [1.82, 2.24) is 0 Å². The summed E-state index contributed by atoms with van der Waals surface area (Å²) in [4.78, 5) is 12.6. The Kier molecular flexibility index (Phi) is 5.36. The highest BCUT2D eigenvalue weighted by Crippen LogP contribution is 2.75. The Morgan fingerprint density at radius 1 is 1.03 bits per heavy atom. The first-order valence-electron chi connectivity index (χ1n) is 13.9. The van der Waals surface area contributed by atoms with E-state index in [1.807, 2.05) is 24.3 Å². The SMILES string of the molecule is C[C@H]1CCC23CC[C@]2(C)CCCC3C1(C)Cc1c(OCc2ccccc2)cc2c(c1O)CCC2=O. The molecule has 0 heterocycles. The molecule has 3 nitrogen and oxygen atoms in total. The number of phenolic OH excluding ortho intramolecular Hbond substituents is 1. The Morgan fingerprint density at radius 2 is 1.83 bits per heavy atom. The van der Waals surface area contributed by atoms with Crippen LogP contribution in [0.15, 0.2) is 36.4 Å². The number of carbonyl (C=O) groups excluding carboxylic acids is 1. The zero-order valence-corrected chi connectivity index (χ0v) is 21.7. The smallest absolute Gasteiger partial charge is 0.163 e. The molecule has 186 valence electrons. The zero-order chi connectivity index (χ0) is 24.4. The van der Waals surface area contributed by atoms with Gasteiger partial charge in [-0.15, -0.1) is 0 Å². The van der Waals surface area contributed by atoms with E-state index < -0.39 is 0 Å². The maximum absolute atomic E-state index is 12.6. The molecular formula is C32H40O3. The van der Waals surface area contributed by atoms with Crippen molar-refractivity contribution < 1.29 is 14.6 Å². The summed E-state index contributed by atoms with van der Waals surface area (Å²) >= 11 is 0. The number of fused-ring (bicyclic) bond motifs is 1. The predicted octanol–water partition coefficient (Wildman–Crippen LogP) is 7.67. The summed E-state index contributed by atoms with van der Waals surface area (Å²) in [5.41, 5.74) is 4.62. The van der Waals surface area contributed by atoms with E-state index in [0.717, 1.165) is 23.1 Å². The number of Topliss-reactive ketones (excluding diaryl/α,β-unsaturated/α-hetero) is 1. The first-order valence-corrected chi connectivity index (χ1v) is 13.9. The van der Waals surface area contributed by atoms with Crippen LogP contribution in [0.5, 0.6) is 11.5 Å². The maximum atomic E-state index is 12.6. The van der Waals surface area contributed by atoms with Gasteiger partial charge >= 0.3 is 0 Å². The molecule has 1 N–H and O–H groups in total. The van der Waals surface area contributed by atoms with Crippen LogP contribution in [0.3, 0.4) is 0 Å². The molecule has 4 aliphatic carbocycles. The maximum Gasteiger partial charge on any atom is 0.163 e. The third-order valence-corrected chi connectivity index (χ3v) is 11.3. The first-order chi connectivity index (χ1) is 16.8. The van der Waals surface area contributed by atoms with E-state index >= 15 is 0 Å². The Hall–Kier alpha value is -2.29. The molecular weight excluding hydrogens is 432 g/mol. The molecule has 3 heteroatoms. The van der Waals surface area contributed by atoms with Gasteiger partial charge in [0.25, 0.3) is 0 Å². The van der Waals surface area contributed by atoms with Gasteiger partial charge < -0.3 is 9.84 Å². The largest absolute Gasteiger partial charge is 0.507 e. The van der Waals surface area contributed by atoms with Crippen molar-refractivity contribution in [2.45, 2.75) is 91.6 Å². The monoisotopic (exact) mass is 472 g/mol. The second-order valence-corrected chi connectivity index (χ2v) is 12.7. The Morgan fingerprint density at radius 3 is 2.57 bits per heavy atom. The lowest BCUT2D eigenvalue weighted by Crippen LogP contribution is -2.63. The van der Waals surface area contributed by atoms with E-state index in [2.05, 4.69) is 32.9 Å². The van der Waals surface area contributed by atoms with Crippen LogP contribution in [-0.4, -0.2) is 10.9 Å². The number of ketones is 1. The van der Waals surface area contributed by atoms with E-state index in [4.69, 9.17) is 4.74 Å². The van der Waals surface area contributed by atoms with Gasteiger partial charge in [0.05, 0.1) is 0 Å². The molecule has 0 aliphatic heterocycles. The number of carbonyl (C=O) groups is 1. The van der Waals surface area contributed by atoms with Gasteiger partial charge in [0, 0.05) is 23.1 Å². The third kappa shape index (κ3) is 3.33. The molecule has 0 radical (unpaired) electrons. The number of benzene rings is 2. The van der Waals surface area contributed by atoms with Crippen molar-refractivity contribution in [3.8, 4) is 11.5 Å². The molecule has 35 heavy (non-hydrogen) atoms. The average Bonchev–Trinajstić information content (AvgIpc) is 3.22. The Balaban J connectivity index is 1.40. The lowest BCUT2D eigenvalue weighted by atomic mass is 9.33. The second kappa shape index (κ2) is 8.11. The molecule has 3 unspecified atom stereocenters. The fraction of sp³-hybridized carbons (Fsp3) is 0.594. The molecule has 0 aromatic heterocycles. The van der Waals surface area contributed by atoms with E-state index in [1.54, 1.807) is 0 Å². The standard InChI is InChI=1S/C32H40O3/c1-21-13-15-32-17-16-30(32,2)14-7-10-28(32)31(21,3)19-25-27(35-20-22-8-5-4-6-9-22)18-24-23(29(25)34)11-12-26(24)33/h4-6,8-9,18,21,28,34H,7,10-17,19-20H2,1-3H3/t21-,28?,30-,31?,32?/m0/s1. The van der Waals surface area contributed by atoms with Crippen LogP contribution in [0.25, 0.3) is 0 Å². The van der Waals surface area contributed by atoms with Crippen molar-refractivity contribution in [1.29, 1.82) is 0 Å². The minimum atomic E-state index is 0.111. The van der Waals surface area contributed by atoms with Crippen LogP contribution in [0.1, 0.15) is 99.2 Å². The van der Waals surface area contributed by atoms with Crippen molar-refractivity contribution in [2.24, 2.45) is 28.1 Å². The molecule has 1 spiro atoms. The minimum absolute atomic E-state index is 0.111. The van der Waals surface area contributed by atoms with Crippen LogP contribution in [-0.2, 0) is 19.4 Å². The molecule has 0 saturated heterocycles. The predicted molar refractivity (Wildman–Crippen MR) is 139 cm³/mol. The lowest BCUT2D eigenvalue weighted by Gasteiger charge is -2.71. The molecule has 0 amide bonds. The van der Waals surface area contributed by atoms with Crippen molar-refractivity contribution in [3.63, 3.8) is 0 Å². The average molecular weight is 473 g/mol. The summed E-state index contributed by atoms with van der Waals surface area (Å²) in [5, 5.41) is 11.6. The number of phenols is 1. The van der Waals surface area contributed by atoms with Gasteiger partial charge in [-0.05, 0) is 91.1 Å². The molecule has 6 rings (SSSR count). The Bertz CT molecular complexity index is 1150. The third-order valence-electron chi connectivity index (χ3n) is 11.3. The van der Waals surface area contributed by atoms with Crippen LogP contribution >= 0.6 is 0 Å². The summed E-state index contributed by atoms with van der Waals surface area (Å²) in [6.45, 7) is 7.95. The van der Waals surface area contributed by atoms with Crippen LogP contribution in [0, 0.1) is 28.1 Å². The minimum Gasteiger partial charge on any atom is -0.507 e. The van der Waals surface area contributed by atoms with Gasteiger partial charge in [-0.3, -0.25) is 4.79 Å². The van der Waals surface area contributed by atoms with Crippen molar-refractivity contribution >= 4 is 5.78 Å². The lowest BCUT2D eigenvalue weighted by molar-refractivity contribution is -0.219. The van der Waals surface area contributed by atoms with Gasteiger partial charge in [-0.25, -0.2) is 0 Å². The van der Waals surface area contributed by atoms with E-state index in [1.165, 1.54) is 44.9 Å². The molecule has 5 atom stereocenters. The topological polar surface area (TPSA) is 46.5 Å². The molecule has 2 aromatic carbocycles. The summed E-state index contributed by atoms with van der Waals surface area (Å²) < 4.78 is 6.40. The normalized spacial score (nSPS) is 35.6. The van der Waals surface area contributed by atoms with Gasteiger partial charge in [0.15, 0.2) is 5.78 Å². The zero-order valence-electron chi connectivity index (χ0n) is 21.7. The van der Waals surface area contributed by atoms with Crippen LogP contribution in [0.2, 0.25) is 0 Å². The second-order valence-electron chi connectivity index (χ2n) is 12.7. The van der Waals surface area contributed by atoms with Gasteiger partial charge in [0.2, 0.25) is 0 Å². The number of ether oxygens (including phenoxy) is 1. The van der Waals surface area contributed by atoms with Gasteiger partial charge in [0.1, 0.15) is 18.1 Å². The highest BCUT2D eigenvalue weighted by molar-refractivity contribution is 6.01. The van der Waals surface area contributed by atoms with E-state index in [-0.39, 0.29) is 11.2 Å². The molecule has 2 aromatic rings. The summed E-state index contributed by atoms with van der Waals surface area (Å²) in [5.74, 6) is 2.44. The highest BCUT2D eigenvalue weighted by Gasteiger charge is 2.66. The highest BCUT2D eigenvalue weighted by atomic mass is 16.5. The van der Waals surface area contributed by atoms with Crippen molar-refractivity contribution in [2.75, 3.05) is 0 Å². The summed E-state index contributed by atoms with van der Waals surface area (Å²) in [7, 11) is 0. The van der Waals surface area contributed by atoms with E-state index in [0.29, 0.717) is 59.2 Å². The molecule has 0 bridgehead atoms. The van der Waals surface area contributed by atoms with Crippen LogP contribution < -0.4 is 4.74 Å². The van der Waals surface area contributed by atoms with Gasteiger partial charge in [-0.1, -0.05) is 57.5 Å². The molecule has 3 fully saturated rings. The number of aromatic hydroxyl groups is 1. The number of hydrogen-bond donors (Lipinski definition) is 1.